The summed E-state index contributed by atoms with van der Waals surface area (Å²) in [7, 11) is 0. The predicted octanol–water partition coefficient (Wildman–Crippen LogP) is 3.17. The molecule has 0 unspecified atom stereocenters. The van der Waals surface area contributed by atoms with Crippen molar-refractivity contribution in [3.63, 3.8) is 0 Å². The van der Waals surface area contributed by atoms with Gasteiger partial charge in [-0.25, -0.2) is 0 Å². The minimum atomic E-state index is -0.482. The molecular weight excluding hydrogens is 262 g/mol. The second-order valence-corrected chi connectivity index (χ2v) is 6.97. The highest BCUT2D eigenvalue weighted by Gasteiger charge is 2.28. The van der Waals surface area contributed by atoms with Gasteiger partial charge in [-0.15, -0.1) is 0 Å². The van der Waals surface area contributed by atoms with Crippen LogP contribution in [0, 0.1) is 0 Å². The Morgan fingerprint density at radius 3 is 2.62 bits per heavy atom. The van der Waals surface area contributed by atoms with Gasteiger partial charge in [0, 0.05) is 19.3 Å². The average molecular weight is 291 g/mol. The normalized spacial score (nSPS) is 23.3. The molecule has 2 saturated carbocycles. The molecule has 0 saturated heterocycles. The maximum atomic E-state index is 10.5. The van der Waals surface area contributed by atoms with Crippen LogP contribution in [0.5, 0.6) is 0 Å². The molecule has 21 heavy (non-hydrogen) atoms. The number of hydrogen-bond acceptors (Lipinski definition) is 3. The molecule has 2 aliphatic rings. The molecule has 4 nitrogen and oxygen atoms in total. The topological polar surface area (TPSA) is 50.1 Å². The van der Waals surface area contributed by atoms with Gasteiger partial charge in [0.1, 0.15) is 0 Å². The van der Waals surface area contributed by atoms with Gasteiger partial charge in [0.25, 0.3) is 0 Å². The van der Waals surface area contributed by atoms with Crippen LogP contribution in [0.1, 0.15) is 75.9 Å². The van der Waals surface area contributed by atoms with Crippen LogP contribution in [0.3, 0.4) is 0 Å². The highest BCUT2D eigenvalue weighted by Crippen LogP contribution is 2.28. The highest BCUT2D eigenvalue weighted by atomic mass is 16.3. The number of nitrogens with one attached hydrogen (secondary N) is 1. The maximum Gasteiger partial charge on any atom is 0.0771 e. The van der Waals surface area contributed by atoms with Crippen LogP contribution in [-0.2, 0) is 6.54 Å². The zero-order valence-electron chi connectivity index (χ0n) is 13.1. The fourth-order valence-electron chi connectivity index (χ4n) is 3.83. The van der Waals surface area contributed by atoms with E-state index in [1.165, 1.54) is 38.5 Å². The van der Waals surface area contributed by atoms with Gasteiger partial charge in [-0.05, 0) is 31.7 Å². The van der Waals surface area contributed by atoms with E-state index in [0.29, 0.717) is 12.6 Å². The van der Waals surface area contributed by atoms with E-state index in [2.05, 4.69) is 22.3 Å². The molecular formula is C17H29N3O. The largest absolute Gasteiger partial charge is 0.389 e. The van der Waals surface area contributed by atoms with Crippen molar-refractivity contribution in [3.8, 4) is 0 Å². The standard InChI is InChI=1S/C17H29N3O/c21-17(10-5-2-6-11-17)14-18-13-15-9-12-20(19-15)16-7-3-1-4-8-16/h9,12,16,18,21H,1-8,10-11,13-14H2. The number of aliphatic hydroxyl groups is 1. The Morgan fingerprint density at radius 1 is 1.14 bits per heavy atom. The molecule has 0 spiro atoms. The van der Waals surface area contributed by atoms with Crippen molar-refractivity contribution in [3.05, 3.63) is 18.0 Å². The Kier molecular flexibility index (Phi) is 4.96. The Morgan fingerprint density at radius 2 is 1.86 bits per heavy atom. The third kappa shape index (κ3) is 4.07. The van der Waals surface area contributed by atoms with Gasteiger partial charge in [0.15, 0.2) is 0 Å². The second-order valence-electron chi connectivity index (χ2n) is 6.97. The van der Waals surface area contributed by atoms with E-state index in [9.17, 15) is 5.11 Å². The van der Waals surface area contributed by atoms with Gasteiger partial charge in [0.05, 0.1) is 17.3 Å². The van der Waals surface area contributed by atoms with E-state index < -0.39 is 5.60 Å². The number of nitrogens with zero attached hydrogens (tertiary/aromatic N) is 2. The Bertz CT molecular complexity index is 431. The number of rotatable bonds is 5. The summed E-state index contributed by atoms with van der Waals surface area (Å²) in [4.78, 5) is 0. The first-order valence-electron chi connectivity index (χ1n) is 8.72. The third-order valence-corrected chi connectivity index (χ3v) is 5.16. The average Bonchev–Trinajstić information content (AvgIpc) is 2.98. The molecule has 0 aliphatic heterocycles. The Labute approximate surface area is 127 Å². The van der Waals surface area contributed by atoms with Crippen molar-refractivity contribution in [2.24, 2.45) is 0 Å². The van der Waals surface area contributed by atoms with Crippen LogP contribution in [0.25, 0.3) is 0 Å². The molecule has 118 valence electrons. The van der Waals surface area contributed by atoms with E-state index in [1.807, 2.05) is 0 Å². The molecule has 2 aliphatic carbocycles. The van der Waals surface area contributed by atoms with Crippen molar-refractivity contribution in [1.82, 2.24) is 15.1 Å². The summed E-state index contributed by atoms with van der Waals surface area (Å²) in [5.74, 6) is 0. The van der Waals surface area contributed by atoms with E-state index in [-0.39, 0.29) is 0 Å². The van der Waals surface area contributed by atoms with E-state index in [4.69, 9.17) is 5.10 Å². The Hall–Kier alpha value is -0.870. The molecule has 0 aromatic carbocycles. The van der Waals surface area contributed by atoms with E-state index in [1.54, 1.807) is 0 Å². The summed E-state index contributed by atoms with van der Waals surface area (Å²) < 4.78 is 2.16. The lowest BCUT2D eigenvalue weighted by atomic mass is 9.85. The molecule has 0 amide bonds. The zero-order valence-corrected chi connectivity index (χ0v) is 13.1. The predicted molar refractivity (Wildman–Crippen MR) is 84.1 cm³/mol. The lowest BCUT2D eigenvalue weighted by molar-refractivity contribution is 0.00460. The van der Waals surface area contributed by atoms with Crippen molar-refractivity contribution in [1.29, 1.82) is 0 Å². The number of aromatic nitrogens is 2. The molecule has 1 heterocycles. The number of hydrogen-bond donors (Lipinski definition) is 2. The van der Waals surface area contributed by atoms with Crippen LogP contribution < -0.4 is 5.32 Å². The van der Waals surface area contributed by atoms with Gasteiger partial charge in [-0.1, -0.05) is 38.5 Å². The minimum Gasteiger partial charge on any atom is -0.389 e. The van der Waals surface area contributed by atoms with Crippen LogP contribution in [0.4, 0.5) is 0 Å². The summed E-state index contributed by atoms with van der Waals surface area (Å²) in [6, 6.07) is 2.72. The van der Waals surface area contributed by atoms with Crippen molar-refractivity contribution in [2.75, 3.05) is 6.54 Å². The fourth-order valence-corrected chi connectivity index (χ4v) is 3.83. The summed E-state index contributed by atoms with van der Waals surface area (Å²) >= 11 is 0. The smallest absolute Gasteiger partial charge is 0.0771 e. The molecule has 3 rings (SSSR count). The van der Waals surface area contributed by atoms with Gasteiger partial charge in [-0.2, -0.15) is 5.10 Å². The van der Waals surface area contributed by atoms with Gasteiger partial charge in [0.2, 0.25) is 0 Å². The van der Waals surface area contributed by atoms with E-state index in [0.717, 1.165) is 37.9 Å². The second kappa shape index (κ2) is 6.93. The van der Waals surface area contributed by atoms with Crippen molar-refractivity contribution < 1.29 is 5.11 Å². The molecule has 1 aromatic heterocycles. The minimum absolute atomic E-state index is 0.482. The molecule has 0 bridgehead atoms. The van der Waals surface area contributed by atoms with Crippen LogP contribution in [0.2, 0.25) is 0 Å². The molecule has 0 atom stereocenters. The third-order valence-electron chi connectivity index (χ3n) is 5.16. The lowest BCUT2D eigenvalue weighted by Crippen LogP contribution is -2.41. The van der Waals surface area contributed by atoms with Crippen LogP contribution >= 0.6 is 0 Å². The van der Waals surface area contributed by atoms with Crippen molar-refractivity contribution in [2.45, 2.75) is 82.4 Å². The molecule has 2 N–H and O–H groups in total. The maximum absolute atomic E-state index is 10.5. The van der Waals surface area contributed by atoms with Gasteiger partial charge in [-0.3, -0.25) is 4.68 Å². The lowest BCUT2D eigenvalue weighted by Gasteiger charge is -2.32. The van der Waals surface area contributed by atoms with Gasteiger partial charge < -0.3 is 10.4 Å². The monoisotopic (exact) mass is 291 g/mol. The first-order chi connectivity index (χ1) is 10.3. The first-order valence-corrected chi connectivity index (χ1v) is 8.72. The highest BCUT2D eigenvalue weighted by molar-refractivity contribution is 5.00. The molecule has 0 radical (unpaired) electrons. The fraction of sp³-hybridized carbons (Fsp3) is 0.824. The quantitative estimate of drug-likeness (QED) is 0.876. The molecule has 4 heteroatoms. The van der Waals surface area contributed by atoms with E-state index >= 15 is 0 Å². The SMILES string of the molecule is OC1(CNCc2ccn(C3CCCCC3)n2)CCCCC1. The Balaban J connectivity index is 1.46. The summed E-state index contributed by atoms with van der Waals surface area (Å²) in [5, 5.41) is 18.6. The summed E-state index contributed by atoms with van der Waals surface area (Å²) in [5.41, 5.74) is 0.615. The van der Waals surface area contributed by atoms with Crippen molar-refractivity contribution >= 4 is 0 Å². The zero-order chi connectivity index (χ0) is 14.5. The first kappa shape index (κ1) is 15.0. The summed E-state index contributed by atoms with van der Waals surface area (Å²) in [6.45, 7) is 1.46. The van der Waals surface area contributed by atoms with Crippen LogP contribution in [-0.4, -0.2) is 27.0 Å². The van der Waals surface area contributed by atoms with Gasteiger partial charge >= 0.3 is 0 Å². The molecule has 2 fully saturated rings. The van der Waals surface area contributed by atoms with Crippen LogP contribution in [0.15, 0.2) is 12.3 Å². The summed E-state index contributed by atoms with van der Waals surface area (Å²) in [6.07, 6.45) is 14.2. The molecule has 1 aromatic rings.